The molecule has 2 saturated heterocycles. The molecule has 0 spiro atoms. The van der Waals surface area contributed by atoms with Crippen LogP contribution in [0.25, 0.3) is 33.4 Å². The van der Waals surface area contributed by atoms with E-state index in [-0.39, 0.29) is 43.5 Å². The number of rotatable bonds is 10. The second-order valence-corrected chi connectivity index (χ2v) is 18.5. The Hall–Kier alpha value is -5.87. The van der Waals surface area contributed by atoms with Gasteiger partial charge < -0.3 is 29.2 Å². The summed E-state index contributed by atoms with van der Waals surface area (Å²) in [6.07, 6.45) is 6.58. The lowest BCUT2D eigenvalue weighted by Crippen LogP contribution is -2.62. The van der Waals surface area contributed by atoms with Crippen molar-refractivity contribution in [3.8, 4) is 22.5 Å². The minimum Gasteiger partial charge on any atom is -0.464 e. The number of amides is 4. The first-order valence-corrected chi connectivity index (χ1v) is 22.4. The van der Waals surface area contributed by atoms with Gasteiger partial charge in [-0.15, -0.1) is 0 Å². The lowest BCUT2D eigenvalue weighted by Gasteiger charge is -2.37. The van der Waals surface area contributed by atoms with Crippen molar-refractivity contribution < 1.29 is 33.4 Å². The number of fused-ring (bicyclic) bond motifs is 6. The van der Waals surface area contributed by atoms with Gasteiger partial charge in [0.05, 0.1) is 42.3 Å². The van der Waals surface area contributed by atoms with Gasteiger partial charge in [-0.25, -0.2) is 5.43 Å². The molecule has 3 aliphatic rings. The summed E-state index contributed by atoms with van der Waals surface area (Å²) in [6, 6.07) is 9.38. The number of cyclic esters (lactones) is 1. The average molecular weight is 878 g/mol. The Morgan fingerprint density at radius 3 is 2.61 bits per heavy atom. The third-order valence-corrected chi connectivity index (χ3v) is 12.9. The molecule has 3 aromatic heterocycles. The number of aryl methyl sites for hydroxylation is 1. The molecule has 1 aromatic carbocycles. The molecule has 0 radical (unpaired) electrons. The molecule has 16 heteroatoms. The lowest BCUT2D eigenvalue weighted by atomic mass is 9.84. The highest BCUT2D eigenvalue weighted by Gasteiger charge is 2.40. The van der Waals surface area contributed by atoms with Gasteiger partial charge in [0.2, 0.25) is 17.7 Å². The SMILES string of the molecule is C=CC(=O)N1CCC(C(=O)N(C)[C@H](C(=O)N[C@H]2Cn3ccc(n3)-c3ccc4c(c3)c(c(-c3cccnc3[C@H](C)OC)n4CC)CC(C)(C)COC(=O)[C@@H]3CCCN(N3)C2=O)C(C)C)C1. The summed E-state index contributed by atoms with van der Waals surface area (Å²) in [5.74, 6) is -2.71. The monoisotopic (exact) mass is 877 g/mol. The van der Waals surface area contributed by atoms with Crippen molar-refractivity contribution in [2.24, 2.45) is 17.3 Å². The number of hydrazine groups is 1. The molecule has 6 bridgehead atoms. The average Bonchev–Trinajstić information content (AvgIpc) is 4.05. The van der Waals surface area contributed by atoms with E-state index in [1.165, 1.54) is 16.0 Å². The summed E-state index contributed by atoms with van der Waals surface area (Å²) in [4.78, 5) is 76.8. The summed E-state index contributed by atoms with van der Waals surface area (Å²) in [5.41, 5.74) is 9.10. The smallest absolute Gasteiger partial charge is 0.324 e. The van der Waals surface area contributed by atoms with E-state index >= 15 is 0 Å². The van der Waals surface area contributed by atoms with Crippen molar-refractivity contribution in [3.05, 3.63) is 72.7 Å². The number of ether oxygens (including phenoxy) is 2. The molecule has 0 aliphatic carbocycles. The van der Waals surface area contributed by atoms with E-state index in [1.807, 2.05) is 39.0 Å². The maximum Gasteiger partial charge on any atom is 0.324 e. The van der Waals surface area contributed by atoms with Crippen LogP contribution in [0.5, 0.6) is 0 Å². The first-order chi connectivity index (χ1) is 30.5. The number of esters is 1. The molecule has 16 nitrogen and oxygen atoms in total. The van der Waals surface area contributed by atoms with Gasteiger partial charge in [-0.2, -0.15) is 5.10 Å². The highest BCUT2D eigenvalue weighted by molar-refractivity contribution is 5.96. The number of benzene rings is 1. The van der Waals surface area contributed by atoms with Gasteiger partial charge in [0.1, 0.15) is 18.1 Å². The number of nitrogens with zero attached hydrogens (tertiary/aromatic N) is 7. The topological polar surface area (TPSA) is 173 Å². The van der Waals surface area contributed by atoms with Crippen LogP contribution >= 0.6 is 0 Å². The Bertz CT molecular complexity index is 2420. The number of hydrogen-bond donors (Lipinski definition) is 2. The number of likely N-dealkylation sites (N-methyl/N-ethyl adjacent to an activating group) is 1. The molecule has 2 N–H and O–H groups in total. The van der Waals surface area contributed by atoms with E-state index < -0.39 is 47.2 Å². The van der Waals surface area contributed by atoms with Gasteiger partial charge in [-0.05, 0) is 87.4 Å². The summed E-state index contributed by atoms with van der Waals surface area (Å²) < 4.78 is 15.8. The number of pyridine rings is 1. The number of hydrogen-bond acceptors (Lipinski definition) is 10. The summed E-state index contributed by atoms with van der Waals surface area (Å²) in [5, 5.41) is 10.4. The zero-order chi connectivity index (χ0) is 46.0. The fourth-order valence-corrected chi connectivity index (χ4v) is 9.54. The predicted octanol–water partition coefficient (Wildman–Crippen LogP) is 4.92. The fourth-order valence-electron chi connectivity index (χ4n) is 9.54. The van der Waals surface area contributed by atoms with Gasteiger partial charge in [-0.3, -0.25) is 38.6 Å². The highest BCUT2D eigenvalue weighted by atomic mass is 16.5. The third kappa shape index (κ3) is 9.34. The van der Waals surface area contributed by atoms with Crippen LogP contribution < -0.4 is 10.7 Å². The van der Waals surface area contributed by atoms with Crippen LogP contribution in [-0.4, -0.2) is 122 Å². The Labute approximate surface area is 375 Å². The number of aromatic nitrogens is 4. The number of carbonyl (C=O) groups excluding carboxylic acids is 5. The van der Waals surface area contributed by atoms with Crippen LogP contribution in [0.1, 0.15) is 78.2 Å². The molecule has 6 heterocycles. The summed E-state index contributed by atoms with van der Waals surface area (Å²) in [6.45, 7) is 17.3. The number of carbonyl (C=O) groups is 5. The highest BCUT2D eigenvalue weighted by Crippen LogP contribution is 2.41. The Kier molecular flexibility index (Phi) is 13.8. The minimum atomic E-state index is -1.13. The fraction of sp³-hybridized carbons (Fsp3) is 0.521. The van der Waals surface area contributed by atoms with E-state index in [1.54, 1.807) is 36.1 Å². The molecule has 5 atom stereocenters. The zero-order valence-electron chi connectivity index (χ0n) is 38.4. The Morgan fingerprint density at radius 2 is 1.89 bits per heavy atom. The number of methoxy groups -OCH3 is 1. The van der Waals surface area contributed by atoms with E-state index in [4.69, 9.17) is 19.6 Å². The molecule has 3 aliphatic heterocycles. The Balaban J connectivity index is 1.27. The first kappa shape index (κ1) is 46.1. The van der Waals surface area contributed by atoms with E-state index in [0.717, 1.165) is 39.0 Å². The molecule has 1 unspecified atom stereocenters. The zero-order valence-corrected chi connectivity index (χ0v) is 38.4. The molecule has 0 saturated carbocycles. The van der Waals surface area contributed by atoms with Gasteiger partial charge in [0.25, 0.3) is 5.91 Å². The van der Waals surface area contributed by atoms with Gasteiger partial charge in [-0.1, -0.05) is 40.3 Å². The van der Waals surface area contributed by atoms with E-state index in [2.05, 4.69) is 60.9 Å². The number of likely N-dealkylation sites (tertiary alicyclic amines) is 1. The van der Waals surface area contributed by atoms with Crippen molar-refractivity contribution in [2.45, 2.75) is 105 Å². The molecule has 7 rings (SSSR count). The Morgan fingerprint density at radius 1 is 1.11 bits per heavy atom. The molecular formula is C48H63N9O7. The normalized spacial score (nSPS) is 21.3. The van der Waals surface area contributed by atoms with Crippen molar-refractivity contribution >= 4 is 40.5 Å². The second-order valence-electron chi connectivity index (χ2n) is 18.5. The van der Waals surface area contributed by atoms with Gasteiger partial charge >= 0.3 is 5.97 Å². The van der Waals surface area contributed by atoms with E-state index in [0.29, 0.717) is 51.0 Å². The summed E-state index contributed by atoms with van der Waals surface area (Å²) >= 11 is 0. The molecule has 4 amide bonds. The van der Waals surface area contributed by atoms with Crippen LogP contribution in [0.4, 0.5) is 0 Å². The lowest BCUT2D eigenvalue weighted by molar-refractivity contribution is -0.155. The van der Waals surface area contributed by atoms with Crippen LogP contribution in [0.3, 0.4) is 0 Å². The van der Waals surface area contributed by atoms with Crippen LogP contribution in [0.15, 0.2) is 61.4 Å². The van der Waals surface area contributed by atoms with Crippen molar-refractivity contribution in [1.29, 1.82) is 0 Å². The van der Waals surface area contributed by atoms with Crippen LogP contribution in [0, 0.1) is 17.3 Å². The van der Waals surface area contributed by atoms with Crippen molar-refractivity contribution in [1.82, 2.24) is 44.9 Å². The maximum atomic E-state index is 14.6. The van der Waals surface area contributed by atoms with Gasteiger partial charge in [0, 0.05) is 80.2 Å². The quantitative estimate of drug-likeness (QED) is 0.165. The maximum absolute atomic E-state index is 14.6. The molecule has 2 fully saturated rings. The summed E-state index contributed by atoms with van der Waals surface area (Å²) in [7, 11) is 3.27. The molecule has 4 aromatic rings. The minimum absolute atomic E-state index is 0.0267. The molecule has 342 valence electrons. The third-order valence-electron chi connectivity index (χ3n) is 12.9. The number of nitrogens with one attached hydrogen (secondary N) is 2. The van der Waals surface area contributed by atoms with Crippen LogP contribution in [-0.2, 0) is 53.0 Å². The van der Waals surface area contributed by atoms with Crippen LogP contribution in [0.2, 0.25) is 0 Å². The molecular weight excluding hydrogens is 815 g/mol. The van der Waals surface area contributed by atoms with E-state index in [9.17, 15) is 24.0 Å². The second kappa shape index (κ2) is 19.1. The van der Waals surface area contributed by atoms with Gasteiger partial charge in [0.15, 0.2) is 0 Å². The standard InChI is InChI=1S/C48H63N9O7/c1-10-40(58)54-22-18-32(26-54)45(60)53(8)42(29(3)4)44(59)50-38-27-55-23-19-36(51-55)31-16-17-39-34(24-31)35(43(56(39)11-2)33-14-12-20-49-41(33)30(5)63-9)25-48(6,7)28-64-47(62)37-15-13-21-57(52-37)46(38)61/h10,12,14,16-17,19-20,23-24,29-30,32,37-38,42,52H,1,11,13,15,18,21-22,25-28H2,2-9H3,(H,50,59)/t30-,32?,37-,38-,42-/m0/s1. The predicted molar refractivity (Wildman–Crippen MR) is 242 cm³/mol. The van der Waals surface area contributed by atoms with Crippen molar-refractivity contribution in [3.63, 3.8) is 0 Å². The van der Waals surface area contributed by atoms with Crippen molar-refractivity contribution in [2.75, 3.05) is 40.4 Å². The molecule has 64 heavy (non-hydrogen) atoms. The first-order valence-electron chi connectivity index (χ1n) is 22.4. The largest absolute Gasteiger partial charge is 0.464 e.